The molecule has 0 amide bonds. The predicted molar refractivity (Wildman–Crippen MR) is 135 cm³/mol. The number of aliphatic hydroxyl groups excluding tert-OH is 9. The van der Waals surface area contributed by atoms with E-state index in [1.54, 1.807) is 0 Å². The largest absolute Gasteiger partial charge is 0.465 e. The summed E-state index contributed by atoms with van der Waals surface area (Å²) in [6.07, 6.45) is -23.7. The van der Waals surface area contributed by atoms with Crippen molar-refractivity contribution in [3.05, 3.63) is 0 Å². The summed E-state index contributed by atoms with van der Waals surface area (Å²) >= 11 is 0. The first kappa shape index (κ1) is 36.8. The van der Waals surface area contributed by atoms with Crippen LogP contribution in [0.4, 0.5) is 0 Å². The second-order valence-corrected chi connectivity index (χ2v) is 10.5. The van der Waals surface area contributed by atoms with Crippen LogP contribution in [0.1, 0.15) is 6.42 Å². The Balaban J connectivity index is 1.94. The van der Waals surface area contributed by atoms with Gasteiger partial charge in [-0.1, -0.05) is 0 Å². The number of rotatable bonds is 11. The van der Waals surface area contributed by atoms with E-state index in [1.165, 1.54) is 0 Å². The van der Waals surface area contributed by atoms with E-state index in [0.717, 1.165) is 21.3 Å². The van der Waals surface area contributed by atoms with Crippen molar-refractivity contribution < 1.29 is 93.4 Å². The minimum absolute atomic E-state index is 0.223. The molecule has 0 aromatic heterocycles. The topological polar surface area (TPSA) is 316 Å². The number of aliphatic hydroxyl groups is 9. The molecule has 3 saturated heterocycles. The summed E-state index contributed by atoms with van der Waals surface area (Å²) in [5.74, 6) is -8.28. The maximum atomic E-state index is 13.2. The van der Waals surface area contributed by atoms with Crippen LogP contribution in [0.25, 0.3) is 0 Å². The van der Waals surface area contributed by atoms with E-state index in [-0.39, 0.29) is 6.61 Å². The van der Waals surface area contributed by atoms with Gasteiger partial charge in [0.25, 0.3) is 11.6 Å². The number of carbonyl (C=O) groups is 2. The van der Waals surface area contributed by atoms with Gasteiger partial charge in [-0.2, -0.15) is 0 Å². The number of nitrogens with two attached hydrogens (primary N) is 1. The lowest BCUT2D eigenvalue weighted by Gasteiger charge is -2.51. The van der Waals surface area contributed by atoms with Crippen LogP contribution in [-0.4, -0.2) is 190 Å². The van der Waals surface area contributed by atoms with Crippen LogP contribution in [0, 0.1) is 0 Å². The molecule has 256 valence electrons. The van der Waals surface area contributed by atoms with Gasteiger partial charge in [-0.25, -0.2) is 9.59 Å². The molecule has 20 nitrogen and oxygen atoms in total. The fourth-order valence-corrected chi connectivity index (χ4v) is 5.15. The summed E-state index contributed by atoms with van der Waals surface area (Å²) in [5, 5.41) is 94.1. The SMILES string of the molecule is COC(=O)[C@@]1(OC)C[C@@H](O[C@@]2(C(=O)OC)O[C@H]([C@H](O)CO[C@H]3OC[C@H](N)[C@H](O)[C@H]3O)[C@H](O)[C@H](O)[C@@H]2O)[C@@H](O)[C@@H]([C@H](O)CO)O1. The summed E-state index contributed by atoms with van der Waals surface area (Å²) < 4.78 is 41.8. The van der Waals surface area contributed by atoms with Gasteiger partial charge in [0.15, 0.2) is 6.29 Å². The molecule has 3 heterocycles. The van der Waals surface area contributed by atoms with Crippen molar-refractivity contribution in [3.8, 4) is 0 Å². The predicted octanol–water partition coefficient (Wildman–Crippen LogP) is -7.48. The standard InChI is InChI=1S/C24H41NO19/c1-37-21(35)23(39-3)4-11(13(30)17(43-23)9(27)5-26)42-24(22(36)38-2)19(34)15(32)14(31)18(44-24)10(28)7-41-20-16(33)12(29)8(25)6-40-20/h8-20,26-34H,4-7,25H2,1-3H3/t8-,9+,10+,11+,12-,13+,14+,15-,16+,17+,18+,19-,20+,23+,24+/m0/s1. The maximum Gasteiger partial charge on any atom is 0.369 e. The first-order valence-electron chi connectivity index (χ1n) is 13.4. The second-order valence-electron chi connectivity index (χ2n) is 10.5. The van der Waals surface area contributed by atoms with E-state index in [9.17, 15) is 55.5 Å². The molecule has 3 fully saturated rings. The Labute approximate surface area is 250 Å². The molecule has 3 aliphatic rings. The zero-order chi connectivity index (χ0) is 33.1. The van der Waals surface area contributed by atoms with Crippen LogP contribution >= 0.6 is 0 Å². The molecular weight excluding hydrogens is 606 g/mol. The molecule has 44 heavy (non-hydrogen) atoms. The summed E-state index contributed by atoms with van der Waals surface area (Å²) in [5.41, 5.74) is 5.60. The zero-order valence-electron chi connectivity index (χ0n) is 24.0. The molecule has 0 unspecified atom stereocenters. The minimum Gasteiger partial charge on any atom is -0.465 e. The van der Waals surface area contributed by atoms with E-state index in [0.29, 0.717) is 0 Å². The van der Waals surface area contributed by atoms with Crippen LogP contribution in [0.2, 0.25) is 0 Å². The summed E-state index contributed by atoms with van der Waals surface area (Å²) in [6.45, 7) is -2.02. The lowest BCUT2D eigenvalue weighted by atomic mass is 9.88. The van der Waals surface area contributed by atoms with Crippen molar-refractivity contribution in [2.24, 2.45) is 5.73 Å². The van der Waals surface area contributed by atoms with Gasteiger partial charge in [-0.3, -0.25) is 0 Å². The number of carbonyl (C=O) groups excluding carboxylic acids is 2. The molecule has 0 bridgehead atoms. The monoisotopic (exact) mass is 647 g/mol. The minimum atomic E-state index is -3.14. The van der Waals surface area contributed by atoms with Gasteiger partial charge in [0, 0.05) is 13.5 Å². The summed E-state index contributed by atoms with van der Waals surface area (Å²) in [6, 6.07) is -0.928. The van der Waals surface area contributed by atoms with E-state index in [1.807, 2.05) is 0 Å². The molecule has 0 aliphatic carbocycles. The molecule has 0 aromatic carbocycles. The average molecular weight is 648 g/mol. The van der Waals surface area contributed by atoms with Crippen LogP contribution in [0.5, 0.6) is 0 Å². The normalized spacial score (nSPS) is 44.4. The number of ether oxygens (including phenoxy) is 8. The van der Waals surface area contributed by atoms with Gasteiger partial charge in [0.2, 0.25) is 0 Å². The van der Waals surface area contributed by atoms with Crippen molar-refractivity contribution >= 4 is 11.9 Å². The summed E-state index contributed by atoms with van der Waals surface area (Å²) in [7, 11) is 2.80. The first-order valence-corrected chi connectivity index (χ1v) is 13.4. The van der Waals surface area contributed by atoms with Crippen molar-refractivity contribution in [3.63, 3.8) is 0 Å². The van der Waals surface area contributed by atoms with E-state index in [4.69, 9.17) is 43.6 Å². The number of hydrogen-bond acceptors (Lipinski definition) is 20. The smallest absolute Gasteiger partial charge is 0.369 e. The zero-order valence-corrected chi connectivity index (χ0v) is 24.0. The van der Waals surface area contributed by atoms with Crippen molar-refractivity contribution in [1.82, 2.24) is 0 Å². The molecule has 15 atom stereocenters. The number of esters is 2. The highest BCUT2D eigenvalue weighted by molar-refractivity contribution is 5.79. The summed E-state index contributed by atoms with van der Waals surface area (Å²) in [4.78, 5) is 25.8. The molecule has 3 rings (SSSR count). The van der Waals surface area contributed by atoms with E-state index < -0.39 is 123 Å². The Morgan fingerprint density at radius 2 is 1.48 bits per heavy atom. The Kier molecular flexibility index (Phi) is 12.4. The first-order chi connectivity index (χ1) is 20.6. The van der Waals surface area contributed by atoms with Gasteiger partial charge in [-0.05, 0) is 0 Å². The fraction of sp³-hybridized carbons (Fsp3) is 0.917. The fourth-order valence-electron chi connectivity index (χ4n) is 5.15. The Morgan fingerprint density at radius 1 is 0.864 bits per heavy atom. The molecule has 0 saturated carbocycles. The van der Waals surface area contributed by atoms with Crippen LogP contribution in [-0.2, 0) is 47.5 Å². The lowest BCUT2D eigenvalue weighted by Crippen LogP contribution is -2.73. The molecule has 0 aromatic rings. The van der Waals surface area contributed by atoms with Gasteiger partial charge < -0.3 is 89.6 Å². The van der Waals surface area contributed by atoms with E-state index in [2.05, 4.69) is 0 Å². The van der Waals surface area contributed by atoms with Crippen LogP contribution in [0.3, 0.4) is 0 Å². The third-order valence-corrected chi connectivity index (χ3v) is 7.74. The molecule has 3 aliphatic heterocycles. The Hall–Kier alpha value is -1.70. The average Bonchev–Trinajstić information content (AvgIpc) is 3.03. The van der Waals surface area contributed by atoms with Gasteiger partial charge in [0.05, 0.1) is 46.2 Å². The number of methoxy groups -OCH3 is 3. The molecular formula is C24H41NO19. The van der Waals surface area contributed by atoms with Gasteiger partial charge >= 0.3 is 11.9 Å². The molecule has 0 radical (unpaired) electrons. The second kappa shape index (κ2) is 14.8. The van der Waals surface area contributed by atoms with Crippen molar-refractivity contribution in [1.29, 1.82) is 0 Å². The molecule has 20 heteroatoms. The van der Waals surface area contributed by atoms with E-state index >= 15 is 0 Å². The highest BCUT2D eigenvalue weighted by atomic mass is 16.8. The quantitative estimate of drug-likeness (QED) is 0.0931. The maximum absolute atomic E-state index is 13.2. The van der Waals surface area contributed by atoms with Crippen molar-refractivity contribution in [2.75, 3.05) is 41.2 Å². The van der Waals surface area contributed by atoms with Crippen LogP contribution in [0.15, 0.2) is 0 Å². The highest BCUT2D eigenvalue weighted by Crippen LogP contribution is 2.41. The number of hydrogen-bond donors (Lipinski definition) is 10. The molecule has 0 spiro atoms. The lowest BCUT2D eigenvalue weighted by molar-refractivity contribution is -0.395. The van der Waals surface area contributed by atoms with Gasteiger partial charge in [0.1, 0.15) is 61.0 Å². The Morgan fingerprint density at radius 3 is 2.05 bits per heavy atom. The highest BCUT2D eigenvalue weighted by Gasteiger charge is 2.65. The van der Waals surface area contributed by atoms with Crippen molar-refractivity contribution in [2.45, 2.75) is 97.5 Å². The van der Waals surface area contributed by atoms with Crippen LogP contribution < -0.4 is 5.73 Å². The Bertz CT molecular complexity index is 976. The third-order valence-electron chi connectivity index (χ3n) is 7.74. The third kappa shape index (κ3) is 6.85. The van der Waals surface area contributed by atoms with Gasteiger partial charge in [-0.15, -0.1) is 0 Å². The molecule has 11 N–H and O–H groups in total.